The lowest BCUT2D eigenvalue weighted by Crippen LogP contribution is -2.51. The number of ether oxygens (including phenoxy) is 3. The summed E-state index contributed by atoms with van der Waals surface area (Å²) in [5.74, 6) is -2.58. The molecule has 0 saturated carbocycles. The molecule has 0 bridgehead atoms. The van der Waals surface area contributed by atoms with Gasteiger partial charge >= 0.3 is 17.9 Å². The molecule has 3 atom stereocenters. The number of H-pyrrole nitrogens is 1. The largest absolute Gasteiger partial charge is 0.480 e. The number of carboxylic acids is 1. The zero-order chi connectivity index (χ0) is 21.1. The van der Waals surface area contributed by atoms with Crippen molar-refractivity contribution in [2.45, 2.75) is 38.5 Å². The number of rotatable bonds is 7. The van der Waals surface area contributed by atoms with Crippen LogP contribution in [0, 0.1) is 0 Å². The molecule has 3 N–H and O–H groups in total. The Morgan fingerprint density at radius 3 is 2.59 bits per heavy atom. The van der Waals surface area contributed by atoms with Crippen LogP contribution < -0.4 is 5.32 Å². The monoisotopic (exact) mass is 404 g/mol. The quantitative estimate of drug-likeness (QED) is 0.594. The number of aromatic amines is 1. The van der Waals surface area contributed by atoms with Crippen LogP contribution in [0.15, 0.2) is 18.2 Å². The highest BCUT2D eigenvalue weighted by Gasteiger charge is 2.44. The van der Waals surface area contributed by atoms with Gasteiger partial charge in [-0.25, -0.2) is 0 Å². The SMILES string of the molecule is CCOC(=O)C1NC(C(=O)O)c2[nH]c3cccc(COC(C)=O)c3c2C1COC. The lowest BCUT2D eigenvalue weighted by atomic mass is 9.83. The number of hydrogen-bond acceptors (Lipinski definition) is 7. The fraction of sp³-hybridized carbons (Fsp3) is 0.450. The molecule has 2 aromatic rings. The van der Waals surface area contributed by atoms with E-state index in [0.717, 1.165) is 5.39 Å². The average molecular weight is 404 g/mol. The summed E-state index contributed by atoms with van der Waals surface area (Å²) in [6.07, 6.45) is 0. The summed E-state index contributed by atoms with van der Waals surface area (Å²) in [6.45, 7) is 3.39. The van der Waals surface area contributed by atoms with Gasteiger partial charge < -0.3 is 24.3 Å². The van der Waals surface area contributed by atoms with E-state index in [1.165, 1.54) is 14.0 Å². The molecule has 1 aliphatic heterocycles. The van der Waals surface area contributed by atoms with Crippen LogP contribution in [-0.4, -0.2) is 54.4 Å². The minimum atomic E-state index is -1.12. The predicted octanol–water partition coefficient (Wildman–Crippen LogP) is 1.62. The summed E-state index contributed by atoms with van der Waals surface area (Å²) >= 11 is 0. The van der Waals surface area contributed by atoms with E-state index in [0.29, 0.717) is 22.3 Å². The van der Waals surface area contributed by atoms with Crippen molar-refractivity contribution in [3.63, 3.8) is 0 Å². The fourth-order valence-corrected chi connectivity index (χ4v) is 3.85. The second kappa shape index (κ2) is 8.62. The molecule has 3 rings (SSSR count). The Bertz CT molecular complexity index is 936. The number of carbonyl (C=O) groups is 3. The van der Waals surface area contributed by atoms with Gasteiger partial charge in [0.05, 0.1) is 13.2 Å². The lowest BCUT2D eigenvalue weighted by Gasteiger charge is -2.34. The maximum absolute atomic E-state index is 12.6. The first-order valence-electron chi connectivity index (χ1n) is 9.30. The first-order chi connectivity index (χ1) is 13.9. The van der Waals surface area contributed by atoms with Gasteiger partial charge in [-0.15, -0.1) is 0 Å². The Hall–Kier alpha value is -2.91. The molecule has 29 heavy (non-hydrogen) atoms. The van der Waals surface area contributed by atoms with Crippen LogP contribution in [0.1, 0.15) is 42.6 Å². The summed E-state index contributed by atoms with van der Waals surface area (Å²) in [7, 11) is 1.51. The predicted molar refractivity (Wildman–Crippen MR) is 102 cm³/mol. The maximum Gasteiger partial charge on any atom is 0.326 e. The third kappa shape index (κ3) is 3.96. The summed E-state index contributed by atoms with van der Waals surface area (Å²) in [5.41, 5.74) is 2.52. The van der Waals surface area contributed by atoms with E-state index in [-0.39, 0.29) is 19.8 Å². The number of benzene rings is 1. The van der Waals surface area contributed by atoms with Crippen LogP contribution in [0.3, 0.4) is 0 Å². The third-order valence-electron chi connectivity index (χ3n) is 4.95. The Labute approximate surface area is 167 Å². The highest BCUT2D eigenvalue weighted by Crippen LogP contribution is 2.41. The molecule has 0 fully saturated rings. The first kappa shape index (κ1) is 20.8. The van der Waals surface area contributed by atoms with Crippen LogP contribution in [0.2, 0.25) is 0 Å². The van der Waals surface area contributed by atoms with E-state index in [1.54, 1.807) is 19.1 Å². The molecule has 0 aliphatic carbocycles. The van der Waals surface area contributed by atoms with Gasteiger partial charge in [0, 0.05) is 36.5 Å². The minimum absolute atomic E-state index is 0.0336. The number of nitrogens with one attached hydrogen (secondary N) is 2. The average Bonchev–Trinajstić information content (AvgIpc) is 3.06. The van der Waals surface area contributed by atoms with Gasteiger partial charge in [-0.2, -0.15) is 0 Å². The van der Waals surface area contributed by atoms with Crippen molar-refractivity contribution in [1.82, 2.24) is 10.3 Å². The summed E-state index contributed by atoms with van der Waals surface area (Å²) in [6, 6.07) is 3.39. The van der Waals surface area contributed by atoms with Gasteiger partial charge in [-0.05, 0) is 24.1 Å². The molecule has 1 aromatic carbocycles. The van der Waals surface area contributed by atoms with Crippen LogP contribution in [-0.2, 0) is 35.2 Å². The second-order valence-corrected chi connectivity index (χ2v) is 6.80. The molecule has 0 amide bonds. The summed E-state index contributed by atoms with van der Waals surface area (Å²) < 4.78 is 15.7. The molecule has 156 valence electrons. The van der Waals surface area contributed by atoms with E-state index in [9.17, 15) is 19.5 Å². The highest BCUT2D eigenvalue weighted by molar-refractivity contribution is 5.93. The van der Waals surface area contributed by atoms with E-state index in [2.05, 4.69) is 10.3 Å². The van der Waals surface area contributed by atoms with Crippen molar-refractivity contribution < 1.29 is 33.7 Å². The fourth-order valence-electron chi connectivity index (χ4n) is 3.85. The van der Waals surface area contributed by atoms with Crippen LogP contribution in [0.25, 0.3) is 10.9 Å². The molecular weight excluding hydrogens is 380 g/mol. The van der Waals surface area contributed by atoms with Crippen LogP contribution >= 0.6 is 0 Å². The number of esters is 2. The zero-order valence-electron chi connectivity index (χ0n) is 16.5. The maximum atomic E-state index is 12.6. The minimum Gasteiger partial charge on any atom is -0.480 e. The van der Waals surface area contributed by atoms with E-state index in [1.807, 2.05) is 6.07 Å². The molecule has 9 nitrogen and oxygen atoms in total. The number of aromatic nitrogens is 1. The summed E-state index contributed by atoms with van der Waals surface area (Å²) in [4.78, 5) is 39.0. The van der Waals surface area contributed by atoms with Crippen molar-refractivity contribution in [3.8, 4) is 0 Å². The molecule has 3 unspecified atom stereocenters. The molecule has 9 heteroatoms. The molecule has 0 saturated heterocycles. The van der Waals surface area contributed by atoms with E-state index in [4.69, 9.17) is 14.2 Å². The molecule has 0 radical (unpaired) electrons. The van der Waals surface area contributed by atoms with E-state index < -0.39 is 35.9 Å². The molecule has 2 heterocycles. The smallest absolute Gasteiger partial charge is 0.326 e. The summed E-state index contributed by atoms with van der Waals surface area (Å²) in [5, 5.41) is 13.4. The Kier molecular flexibility index (Phi) is 6.19. The van der Waals surface area contributed by atoms with Crippen molar-refractivity contribution in [2.75, 3.05) is 20.3 Å². The number of methoxy groups -OCH3 is 1. The Morgan fingerprint density at radius 2 is 1.97 bits per heavy atom. The normalized spacial score (nSPS) is 20.9. The third-order valence-corrected chi connectivity index (χ3v) is 4.95. The molecular formula is C20H24N2O7. The molecule has 0 spiro atoms. The van der Waals surface area contributed by atoms with Crippen LogP contribution in [0.4, 0.5) is 0 Å². The number of aliphatic carboxylic acids is 1. The highest BCUT2D eigenvalue weighted by atomic mass is 16.5. The Morgan fingerprint density at radius 1 is 1.21 bits per heavy atom. The zero-order valence-corrected chi connectivity index (χ0v) is 16.5. The Balaban J connectivity index is 2.21. The van der Waals surface area contributed by atoms with Crippen molar-refractivity contribution in [2.24, 2.45) is 0 Å². The number of fused-ring (bicyclic) bond motifs is 3. The van der Waals surface area contributed by atoms with Crippen molar-refractivity contribution in [1.29, 1.82) is 0 Å². The van der Waals surface area contributed by atoms with Gasteiger partial charge in [0.25, 0.3) is 0 Å². The molecule has 1 aromatic heterocycles. The van der Waals surface area contributed by atoms with Crippen molar-refractivity contribution in [3.05, 3.63) is 35.0 Å². The van der Waals surface area contributed by atoms with Gasteiger partial charge in [0.1, 0.15) is 18.7 Å². The number of hydrogen-bond donors (Lipinski definition) is 3. The number of carbonyl (C=O) groups excluding carboxylic acids is 2. The lowest BCUT2D eigenvalue weighted by molar-refractivity contribution is -0.149. The van der Waals surface area contributed by atoms with Gasteiger partial charge in [-0.1, -0.05) is 12.1 Å². The molecule has 1 aliphatic rings. The van der Waals surface area contributed by atoms with Gasteiger partial charge in [0.15, 0.2) is 0 Å². The van der Waals surface area contributed by atoms with Gasteiger partial charge in [-0.3, -0.25) is 19.7 Å². The van der Waals surface area contributed by atoms with Gasteiger partial charge in [0.2, 0.25) is 0 Å². The number of carboxylic acid groups (broad SMARTS) is 1. The van der Waals surface area contributed by atoms with E-state index >= 15 is 0 Å². The first-order valence-corrected chi connectivity index (χ1v) is 9.30. The standard InChI is InChI=1S/C20H24N2O7/c1-4-28-20(26)16-12(9-27-3)15-14-11(8-29-10(2)23)6-5-7-13(14)21-17(15)18(22-16)19(24)25/h5-7,12,16,18,21-22H,4,8-9H2,1-3H3,(H,24,25). The topological polar surface area (TPSA) is 127 Å². The van der Waals surface area contributed by atoms with Crippen LogP contribution in [0.5, 0.6) is 0 Å². The van der Waals surface area contributed by atoms with Crippen molar-refractivity contribution >= 4 is 28.8 Å². The second-order valence-electron chi connectivity index (χ2n) is 6.80.